The van der Waals surface area contributed by atoms with Crippen LogP contribution < -0.4 is 11.1 Å². The molecule has 0 aromatic rings. The lowest BCUT2D eigenvalue weighted by Crippen LogP contribution is -2.46. The Morgan fingerprint density at radius 2 is 2.14 bits per heavy atom. The van der Waals surface area contributed by atoms with Crippen molar-refractivity contribution in [3.63, 3.8) is 0 Å². The third kappa shape index (κ3) is 2.29. The summed E-state index contributed by atoms with van der Waals surface area (Å²) in [5.41, 5.74) is 6.29. The molecular weight excluding hydrogens is 172 g/mol. The standard InChI is InChI=1S/C12H24N2/c1-10(11-3-4-11)7-14-9-12(8-13)5-2-6-12/h10-11,14H,2-9,13H2,1H3. The predicted octanol–water partition coefficient (Wildman–Crippen LogP) is 1.75. The Labute approximate surface area is 87.6 Å². The second-order valence-corrected chi connectivity index (χ2v) is 5.50. The van der Waals surface area contributed by atoms with Gasteiger partial charge in [-0.05, 0) is 56.0 Å². The molecule has 1 atom stereocenters. The molecule has 0 radical (unpaired) electrons. The van der Waals surface area contributed by atoms with E-state index < -0.39 is 0 Å². The monoisotopic (exact) mass is 196 g/mol. The summed E-state index contributed by atoms with van der Waals surface area (Å²) < 4.78 is 0. The van der Waals surface area contributed by atoms with Crippen molar-refractivity contribution in [3.05, 3.63) is 0 Å². The molecule has 82 valence electrons. The lowest BCUT2D eigenvalue weighted by Gasteiger charge is -2.41. The maximum Gasteiger partial charge on any atom is 0.00200 e. The van der Waals surface area contributed by atoms with Crippen LogP contribution >= 0.6 is 0 Å². The maximum atomic E-state index is 5.82. The molecule has 0 amide bonds. The van der Waals surface area contributed by atoms with Crippen molar-refractivity contribution < 1.29 is 0 Å². The van der Waals surface area contributed by atoms with Crippen molar-refractivity contribution in [2.75, 3.05) is 19.6 Å². The van der Waals surface area contributed by atoms with E-state index in [0.29, 0.717) is 5.41 Å². The van der Waals surface area contributed by atoms with Crippen LogP contribution in [0.3, 0.4) is 0 Å². The molecule has 2 saturated carbocycles. The van der Waals surface area contributed by atoms with Crippen LogP contribution in [0.2, 0.25) is 0 Å². The normalized spacial score (nSPS) is 27.0. The Balaban J connectivity index is 1.61. The molecule has 0 spiro atoms. The van der Waals surface area contributed by atoms with E-state index in [-0.39, 0.29) is 0 Å². The predicted molar refractivity (Wildman–Crippen MR) is 60.1 cm³/mol. The molecule has 14 heavy (non-hydrogen) atoms. The van der Waals surface area contributed by atoms with E-state index in [9.17, 15) is 0 Å². The van der Waals surface area contributed by atoms with Gasteiger partial charge in [0.2, 0.25) is 0 Å². The summed E-state index contributed by atoms with van der Waals surface area (Å²) in [5, 5.41) is 3.62. The largest absolute Gasteiger partial charge is 0.330 e. The van der Waals surface area contributed by atoms with Crippen LogP contribution in [0.1, 0.15) is 39.0 Å². The van der Waals surface area contributed by atoms with E-state index in [1.807, 2.05) is 0 Å². The van der Waals surface area contributed by atoms with Crippen molar-refractivity contribution in [2.45, 2.75) is 39.0 Å². The van der Waals surface area contributed by atoms with Crippen molar-refractivity contribution >= 4 is 0 Å². The molecule has 0 aromatic carbocycles. The van der Waals surface area contributed by atoms with Crippen molar-refractivity contribution in [1.82, 2.24) is 5.32 Å². The van der Waals surface area contributed by atoms with E-state index in [2.05, 4.69) is 12.2 Å². The van der Waals surface area contributed by atoms with Gasteiger partial charge in [0.15, 0.2) is 0 Å². The number of nitrogens with two attached hydrogens (primary N) is 1. The molecule has 0 saturated heterocycles. The van der Waals surface area contributed by atoms with E-state index >= 15 is 0 Å². The summed E-state index contributed by atoms with van der Waals surface area (Å²) in [6, 6.07) is 0. The highest BCUT2D eigenvalue weighted by Gasteiger charge is 2.35. The van der Waals surface area contributed by atoms with Crippen molar-refractivity contribution in [2.24, 2.45) is 23.0 Å². The average molecular weight is 196 g/mol. The van der Waals surface area contributed by atoms with Gasteiger partial charge < -0.3 is 11.1 Å². The minimum Gasteiger partial charge on any atom is -0.330 e. The fraction of sp³-hybridized carbons (Fsp3) is 1.00. The molecule has 1 unspecified atom stereocenters. The van der Waals surface area contributed by atoms with Crippen molar-refractivity contribution in [1.29, 1.82) is 0 Å². The van der Waals surface area contributed by atoms with Crippen LogP contribution in [0.5, 0.6) is 0 Å². The third-order valence-corrected chi connectivity index (χ3v) is 4.24. The van der Waals surface area contributed by atoms with Gasteiger partial charge in [0.25, 0.3) is 0 Å². The quantitative estimate of drug-likeness (QED) is 0.679. The number of hydrogen-bond acceptors (Lipinski definition) is 2. The molecule has 3 N–H and O–H groups in total. The minimum atomic E-state index is 0.475. The fourth-order valence-electron chi connectivity index (χ4n) is 2.53. The van der Waals surface area contributed by atoms with Gasteiger partial charge in [0.05, 0.1) is 0 Å². The van der Waals surface area contributed by atoms with Crippen LogP contribution in [-0.2, 0) is 0 Å². The molecule has 2 aliphatic carbocycles. The first-order valence-electron chi connectivity index (χ1n) is 6.16. The summed E-state index contributed by atoms with van der Waals surface area (Å²) in [6.45, 7) is 5.60. The van der Waals surface area contributed by atoms with Gasteiger partial charge >= 0.3 is 0 Å². The van der Waals surface area contributed by atoms with Gasteiger partial charge in [-0.25, -0.2) is 0 Å². The van der Waals surface area contributed by atoms with E-state index in [0.717, 1.165) is 24.9 Å². The Hall–Kier alpha value is -0.0800. The summed E-state index contributed by atoms with van der Waals surface area (Å²) in [4.78, 5) is 0. The topological polar surface area (TPSA) is 38.0 Å². The van der Waals surface area contributed by atoms with Crippen LogP contribution in [-0.4, -0.2) is 19.6 Å². The van der Waals surface area contributed by atoms with Crippen LogP contribution in [0, 0.1) is 17.3 Å². The van der Waals surface area contributed by atoms with E-state index in [4.69, 9.17) is 5.73 Å². The van der Waals surface area contributed by atoms with Gasteiger partial charge in [-0.1, -0.05) is 13.3 Å². The number of rotatable bonds is 6. The second kappa shape index (κ2) is 4.19. The molecule has 2 heteroatoms. The van der Waals surface area contributed by atoms with Crippen LogP contribution in [0.15, 0.2) is 0 Å². The molecular formula is C12H24N2. The Kier molecular flexibility index (Phi) is 3.13. The second-order valence-electron chi connectivity index (χ2n) is 5.50. The van der Waals surface area contributed by atoms with E-state index in [1.54, 1.807) is 0 Å². The number of hydrogen-bond donors (Lipinski definition) is 2. The van der Waals surface area contributed by atoms with E-state index in [1.165, 1.54) is 38.6 Å². The van der Waals surface area contributed by atoms with Gasteiger partial charge in [-0.2, -0.15) is 0 Å². The van der Waals surface area contributed by atoms with Gasteiger partial charge in [0.1, 0.15) is 0 Å². The average Bonchev–Trinajstić information content (AvgIpc) is 2.92. The van der Waals surface area contributed by atoms with Crippen LogP contribution in [0.25, 0.3) is 0 Å². The lowest BCUT2D eigenvalue weighted by atomic mass is 9.69. The first-order valence-corrected chi connectivity index (χ1v) is 6.16. The molecule has 2 aliphatic rings. The smallest absolute Gasteiger partial charge is 0.00200 e. The highest BCUT2D eigenvalue weighted by molar-refractivity contribution is 4.91. The Morgan fingerprint density at radius 1 is 1.43 bits per heavy atom. The fourth-order valence-corrected chi connectivity index (χ4v) is 2.53. The zero-order valence-corrected chi connectivity index (χ0v) is 9.39. The van der Waals surface area contributed by atoms with Gasteiger partial charge in [-0.15, -0.1) is 0 Å². The molecule has 0 aromatic heterocycles. The molecule has 0 aliphatic heterocycles. The molecule has 0 bridgehead atoms. The first-order chi connectivity index (χ1) is 6.76. The lowest BCUT2D eigenvalue weighted by molar-refractivity contribution is 0.139. The summed E-state index contributed by atoms with van der Waals surface area (Å²) in [5.74, 6) is 1.91. The van der Waals surface area contributed by atoms with Crippen LogP contribution in [0.4, 0.5) is 0 Å². The third-order valence-electron chi connectivity index (χ3n) is 4.24. The maximum absolute atomic E-state index is 5.82. The SMILES string of the molecule is CC(CNCC1(CN)CCC1)C1CC1. The molecule has 2 nitrogen and oxygen atoms in total. The molecule has 0 heterocycles. The molecule has 2 rings (SSSR count). The minimum absolute atomic E-state index is 0.475. The van der Waals surface area contributed by atoms with Crippen molar-refractivity contribution in [3.8, 4) is 0 Å². The summed E-state index contributed by atoms with van der Waals surface area (Å²) in [7, 11) is 0. The zero-order chi connectivity index (χ0) is 10.0. The van der Waals surface area contributed by atoms with Gasteiger partial charge in [0, 0.05) is 6.54 Å². The Bertz CT molecular complexity index is 177. The van der Waals surface area contributed by atoms with Gasteiger partial charge in [-0.3, -0.25) is 0 Å². The summed E-state index contributed by atoms with van der Waals surface area (Å²) in [6.07, 6.45) is 7.00. The summed E-state index contributed by atoms with van der Waals surface area (Å²) >= 11 is 0. The molecule has 2 fully saturated rings. The highest BCUT2D eigenvalue weighted by Crippen LogP contribution is 2.39. The number of nitrogens with one attached hydrogen (secondary N) is 1. The first kappa shape index (κ1) is 10.4. The zero-order valence-electron chi connectivity index (χ0n) is 9.39. The Morgan fingerprint density at radius 3 is 2.57 bits per heavy atom. The highest BCUT2D eigenvalue weighted by atomic mass is 14.9.